The smallest absolute Gasteiger partial charge is 0.221 e. The Morgan fingerprint density at radius 1 is 1.54 bits per heavy atom. The lowest BCUT2D eigenvalue weighted by atomic mass is 9.68. The maximum atomic E-state index is 11.4. The van der Waals surface area contributed by atoms with Crippen LogP contribution >= 0.6 is 0 Å². The third-order valence-corrected chi connectivity index (χ3v) is 3.87. The van der Waals surface area contributed by atoms with Crippen molar-refractivity contribution in [2.24, 2.45) is 5.41 Å². The first-order valence-corrected chi connectivity index (χ1v) is 4.91. The van der Waals surface area contributed by atoms with Crippen molar-refractivity contribution in [1.29, 1.82) is 0 Å². The summed E-state index contributed by atoms with van der Waals surface area (Å²) in [5.74, 6) is 0.169. The highest BCUT2D eigenvalue weighted by molar-refractivity contribution is 5.81. The Hall–Kier alpha value is -0.570. The van der Waals surface area contributed by atoms with E-state index in [0.717, 1.165) is 13.0 Å². The molecule has 2 fully saturated rings. The molecule has 0 aliphatic carbocycles. The third-order valence-electron chi connectivity index (χ3n) is 3.87. The predicted molar refractivity (Wildman–Crippen MR) is 49.3 cm³/mol. The topological polar surface area (TPSA) is 38.3 Å². The molecular weight excluding hydrogens is 166 g/mol. The van der Waals surface area contributed by atoms with E-state index in [-0.39, 0.29) is 23.0 Å². The molecular formula is C10H17NO2. The molecule has 0 radical (unpaired) electrons. The minimum absolute atomic E-state index is 0.0318. The second-order valence-electron chi connectivity index (χ2n) is 4.77. The molecule has 2 heterocycles. The molecule has 0 bridgehead atoms. The number of carbonyl (C=O) groups is 1. The average Bonchev–Trinajstić information content (AvgIpc) is 2.41. The molecule has 0 saturated carbocycles. The number of amides is 1. The minimum Gasteiger partial charge on any atom is -0.378 e. The van der Waals surface area contributed by atoms with Crippen molar-refractivity contribution in [1.82, 2.24) is 5.32 Å². The van der Waals surface area contributed by atoms with Gasteiger partial charge < -0.3 is 10.1 Å². The normalized spacial score (nSPS) is 42.7. The standard InChI is InChI=1S/C10H17NO2/c1-7-10(4-5-13-7)6-8(12)11-9(10,2)3/h7H,4-6H2,1-3H3,(H,11,12). The van der Waals surface area contributed by atoms with Gasteiger partial charge in [-0.1, -0.05) is 0 Å². The van der Waals surface area contributed by atoms with Crippen LogP contribution in [-0.4, -0.2) is 24.2 Å². The Morgan fingerprint density at radius 3 is 2.62 bits per heavy atom. The van der Waals surface area contributed by atoms with Crippen molar-refractivity contribution in [3.8, 4) is 0 Å². The number of hydrogen-bond acceptors (Lipinski definition) is 2. The van der Waals surface area contributed by atoms with Gasteiger partial charge in [-0.05, 0) is 27.2 Å². The van der Waals surface area contributed by atoms with Gasteiger partial charge in [0, 0.05) is 24.0 Å². The highest BCUT2D eigenvalue weighted by atomic mass is 16.5. The van der Waals surface area contributed by atoms with E-state index in [4.69, 9.17) is 4.74 Å². The SMILES string of the molecule is CC1OCCC12CC(=O)NC2(C)C. The van der Waals surface area contributed by atoms with Gasteiger partial charge in [-0.25, -0.2) is 0 Å². The first kappa shape index (κ1) is 9.00. The van der Waals surface area contributed by atoms with E-state index in [0.29, 0.717) is 6.42 Å². The second-order valence-corrected chi connectivity index (χ2v) is 4.77. The van der Waals surface area contributed by atoms with E-state index < -0.39 is 0 Å². The largest absolute Gasteiger partial charge is 0.378 e. The maximum absolute atomic E-state index is 11.4. The van der Waals surface area contributed by atoms with Crippen LogP contribution < -0.4 is 5.32 Å². The van der Waals surface area contributed by atoms with E-state index in [1.807, 2.05) is 0 Å². The molecule has 1 amide bonds. The average molecular weight is 183 g/mol. The van der Waals surface area contributed by atoms with Crippen molar-refractivity contribution < 1.29 is 9.53 Å². The summed E-state index contributed by atoms with van der Waals surface area (Å²) in [6.45, 7) is 7.07. The molecule has 3 heteroatoms. The lowest BCUT2D eigenvalue weighted by molar-refractivity contribution is -0.120. The van der Waals surface area contributed by atoms with Gasteiger partial charge in [0.15, 0.2) is 0 Å². The zero-order valence-electron chi connectivity index (χ0n) is 8.52. The van der Waals surface area contributed by atoms with Gasteiger partial charge in [0.25, 0.3) is 0 Å². The van der Waals surface area contributed by atoms with Gasteiger partial charge in [-0.3, -0.25) is 4.79 Å². The van der Waals surface area contributed by atoms with Crippen LogP contribution in [0.5, 0.6) is 0 Å². The molecule has 3 nitrogen and oxygen atoms in total. The van der Waals surface area contributed by atoms with Gasteiger partial charge in [0.1, 0.15) is 0 Å². The Morgan fingerprint density at radius 2 is 2.23 bits per heavy atom. The monoisotopic (exact) mass is 183 g/mol. The molecule has 2 aliphatic rings. The summed E-state index contributed by atoms with van der Waals surface area (Å²) >= 11 is 0. The lowest BCUT2D eigenvalue weighted by Gasteiger charge is -2.39. The number of nitrogens with one attached hydrogen (secondary N) is 1. The highest BCUT2D eigenvalue weighted by Gasteiger charge is 2.58. The fourth-order valence-corrected chi connectivity index (χ4v) is 2.86. The van der Waals surface area contributed by atoms with Crippen molar-refractivity contribution in [3.05, 3.63) is 0 Å². The maximum Gasteiger partial charge on any atom is 0.221 e. The number of rotatable bonds is 0. The molecule has 0 aromatic heterocycles. The van der Waals surface area contributed by atoms with E-state index in [9.17, 15) is 4.79 Å². The number of ether oxygens (including phenoxy) is 1. The zero-order chi connectivity index (χ0) is 9.69. The van der Waals surface area contributed by atoms with Crippen molar-refractivity contribution in [2.45, 2.75) is 45.3 Å². The first-order chi connectivity index (χ1) is 5.98. The number of hydrogen-bond donors (Lipinski definition) is 1. The van der Waals surface area contributed by atoms with Crippen LogP contribution in [-0.2, 0) is 9.53 Å². The first-order valence-electron chi connectivity index (χ1n) is 4.91. The minimum atomic E-state index is -0.111. The van der Waals surface area contributed by atoms with Crippen LogP contribution in [0.4, 0.5) is 0 Å². The molecule has 2 unspecified atom stereocenters. The van der Waals surface area contributed by atoms with Crippen LogP contribution in [0.1, 0.15) is 33.6 Å². The predicted octanol–water partition coefficient (Wildman–Crippen LogP) is 1.08. The van der Waals surface area contributed by atoms with E-state index >= 15 is 0 Å². The van der Waals surface area contributed by atoms with Gasteiger partial charge in [-0.15, -0.1) is 0 Å². The zero-order valence-corrected chi connectivity index (χ0v) is 8.52. The fourth-order valence-electron chi connectivity index (χ4n) is 2.86. The van der Waals surface area contributed by atoms with Gasteiger partial charge >= 0.3 is 0 Å². The highest BCUT2D eigenvalue weighted by Crippen LogP contribution is 2.50. The van der Waals surface area contributed by atoms with E-state index in [1.165, 1.54) is 0 Å². The summed E-state index contributed by atoms with van der Waals surface area (Å²) in [4.78, 5) is 11.4. The van der Waals surface area contributed by atoms with Gasteiger partial charge in [-0.2, -0.15) is 0 Å². The van der Waals surface area contributed by atoms with Crippen molar-refractivity contribution >= 4 is 5.91 Å². The molecule has 2 rings (SSSR count). The molecule has 13 heavy (non-hydrogen) atoms. The molecule has 1 spiro atoms. The summed E-state index contributed by atoms with van der Waals surface area (Å²) in [5.41, 5.74) is -0.0793. The summed E-state index contributed by atoms with van der Waals surface area (Å²) in [6, 6.07) is 0. The lowest BCUT2D eigenvalue weighted by Crippen LogP contribution is -2.50. The molecule has 0 aromatic rings. The molecule has 2 saturated heterocycles. The van der Waals surface area contributed by atoms with Crippen LogP contribution in [0, 0.1) is 5.41 Å². The van der Waals surface area contributed by atoms with Gasteiger partial charge in [0.05, 0.1) is 6.10 Å². The van der Waals surface area contributed by atoms with Crippen LogP contribution in [0.25, 0.3) is 0 Å². The summed E-state index contributed by atoms with van der Waals surface area (Å²) in [5, 5.41) is 3.04. The Labute approximate surface area is 78.8 Å². The quantitative estimate of drug-likeness (QED) is 0.610. The Balaban J connectivity index is 2.35. The summed E-state index contributed by atoms with van der Waals surface area (Å²) in [7, 11) is 0. The van der Waals surface area contributed by atoms with E-state index in [2.05, 4.69) is 26.1 Å². The number of carbonyl (C=O) groups excluding carboxylic acids is 1. The third kappa shape index (κ3) is 1.03. The van der Waals surface area contributed by atoms with Crippen molar-refractivity contribution in [3.63, 3.8) is 0 Å². The van der Waals surface area contributed by atoms with Crippen LogP contribution in [0.2, 0.25) is 0 Å². The summed E-state index contributed by atoms with van der Waals surface area (Å²) < 4.78 is 5.58. The fraction of sp³-hybridized carbons (Fsp3) is 0.900. The second kappa shape index (κ2) is 2.47. The van der Waals surface area contributed by atoms with E-state index in [1.54, 1.807) is 0 Å². The molecule has 2 atom stereocenters. The molecule has 74 valence electrons. The molecule has 2 aliphatic heterocycles. The van der Waals surface area contributed by atoms with Crippen molar-refractivity contribution in [2.75, 3.05) is 6.61 Å². The summed E-state index contributed by atoms with van der Waals surface area (Å²) in [6.07, 6.45) is 1.82. The Kier molecular flexibility index (Phi) is 1.71. The Bertz CT molecular complexity index is 249. The molecule has 0 aromatic carbocycles. The molecule has 1 N–H and O–H groups in total. The van der Waals surface area contributed by atoms with Crippen LogP contribution in [0.15, 0.2) is 0 Å². The van der Waals surface area contributed by atoms with Gasteiger partial charge in [0.2, 0.25) is 5.91 Å². The van der Waals surface area contributed by atoms with Crippen LogP contribution in [0.3, 0.4) is 0 Å².